The van der Waals surface area contributed by atoms with Gasteiger partial charge in [0.1, 0.15) is 6.61 Å². The molecule has 0 spiro atoms. The van der Waals surface area contributed by atoms with Gasteiger partial charge in [-0.3, -0.25) is 4.79 Å². The molecule has 1 aromatic carbocycles. The lowest BCUT2D eigenvalue weighted by Crippen LogP contribution is -2.25. The van der Waals surface area contributed by atoms with E-state index >= 15 is 0 Å². The monoisotopic (exact) mass is 277 g/mol. The Bertz CT molecular complexity index is 436. The molecule has 0 atom stereocenters. The average molecular weight is 277 g/mol. The van der Waals surface area contributed by atoms with Gasteiger partial charge in [-0.15, -0.1) is 0 Å². The van der Waals surface area contributed by atoms with Crippen LogP contribution in [0, 0.1) is 5.41 Å². The lowest BCUT2D eigenvalue weighted by Gasteiger charge is -2.22. The van der Waals surface area contributed by atoms with E-state index in [0.29, 0.717) is 13.0 Å². The molecule has 1 aromatic rings. The molecule has 0 unspecified atom stereocenters. The van der Waals surface area contributed by atoms with Crippen LogP contribution >= 0.6 is 0 Å². The molecule has 0 fully saturated rings. The minimum atomic E-state index is -0.144. The lowest BCUT2D eigenvalue weighted by atomic mass is 9.92. The van der Waals surface area contributed by atoms with E-state index in [2.05, 4.69) is 26.1 Å². The summed E-state index contributed by atoms with van der Waals surface area (Å²) in [5, 5.41) is 3.40. The fourth-order valence-electron chi connectivity index (χ4n) is 1.77. The van der Waals surface area contributed by atoms with E-state index in [1.165, 1.54) is 0 Å². The molecule has 112 valence electrons. The van der Waals surface area contributed by atoms with Gasteiger partial charge in [-0.1, -0.05) is 32.9 Å². The molecule has 1 rings (SSSR count). The first-order chi connectivity index (χ1) is 9.05. The summed E-state index contributed by atoms with van der Waals surface area (Å²) in [6.07, 6.45) is 0.441. The Hall–Kier alpha value is -1.51. The summed E-state index contributed by atoms with van der Waals surface area (Å²) in [5.74, 6) is -0.144. The van der Waals surface area contributed by atoms with Crippen molar-refractivity contribution in [3.63, 3.8) is 0 Å². The highest BCUT2D eigenvalue weighted by molar-refractivity contribution is 5.70. The molecule has 1 N–H and O–H groups in total. The molecular weight excluding hydrogens is 250 g/mol. The molecule has 3 heteroatoms. The van der Waals surface area contributed by atoms with E-state index in [-0.39, 0.29) is 16.9 Å². The van der Waals surface area contributed by atoms with Crippen LogP contribution in [-0.2, 0) is 16.1 Å². The number of rotatable bonds is 4. The Morgan fingerprint density at radius 3 is 2.05 bits per heavy atom. The van der Waals surface area contributed by atoms with Gasteiger partial charge < -0.3 is 10.1 Å². The first-order valence-electron chi connectivity index (χ1n) is 7.08. The van der Waals surface area contributed by atoms with Crippen LogP contribution in [0.2, 0.25) is 0 Å². The van der Waals surface area contributed by atoms with Crippen LogP contribution in [0.4, 0.5) is 5.69 Å². The van der Waals surface area contributed by atoms with Crippen LogP contribution in [0.5, 0.6) is 0 Å². The molecule has 0 radical (unpaired) electrons. The van der Waals surface area contributed by atoms with Gasteiger partial charge in [-0.2, -0.15) is 0 Å². The summed E-state index contributed by atoms with van der Waals surface area (Å²) < 4.78 is 5.29. The lowest BCUT2D eigenvalue weighted by molar-refractivity contribution is -0.147. The average Bonchev–Trinajstić information content (AvgIpc) is 2.23. The second kappa shape index (κ2) is 6.29. The Morgan fingerprint density at radius 2 is 1.60 bits per heavy atom. The highest BCUT2D eigenvalue weighted by Gasteiger charge is 2.17. The normalized spacial score (nSPS) is 12.1. The summed E-state index contributed by atoms with van der Waals surface area (Å²) >= 11 is 0. The van der Waals surface area contributed by atoms with Crippen molar-refractivity contribution in [3.8, 4) is 0 Å². The van der Waals surface area contributed by atoms with Gasteiger partial charge in [0, 0.05) is 11.2 Å². The van der Waals surface area contributed by atoms with Crippen LogP contribution in [0.1, 0.15) is 53.5 Å². The molecule has 20 heavy (non-hydrogen) atoms. The molecule has 0 aliphatic carbocycles. The Kier molecular flexibility index (Phi) is 5.21. The van der Waals surface area contributed by atoms with E-state index in [0.717, 1.165) is 11.3 Å². The predicted octanol–water partition coefficient (Wildman–Crippen LogP) is 4.38. The number of anilines is 1. The largest absolute Gasteiger partial charge is 0.461 e. The van der Waals surface area contributed by atoms with Gasteiger partial charge in [0.15, 0.2) is 0 Å². The second-order valence-electron chi connectivity index (χ2n) is 7.47. The van der Waals surface area contributed by atoms with Gasteiger partial charge in [-0.05, 0) is 43.9 Å². The maximum atomic E-state index is 11.7. The van der Waals surface area contributed by atoms with Crippen LogP contribution in [0.3, 0.4) is 0 Å². The quantitative estimate of drug-likeness (QED) is 0.830. The predicted molar refractivity (Wildman–Crippen MR) is 83.7 cm³/mol. The minimum absolute atomic E-state index is 0.0302. The molecule has 0 heterocycles. The maximum Gasteiger partial charge on any atom is 0.306 e. The number of benzene rings is 1. The van der Waals surface area contributed by atoms with Crippen molar-refractivity contribution < 1.29 is 9.53 Å². The van der Waals surface area contributed by atoms with Gasteiger partial charge in [-0.25, -0.2) is 0 Å². The molecule has 0 amide bonds. The molecule has 0 aliphatic heterocycles. The molecule has 0 aromatic heterocycles. The SMILES string of the molecule is CC(C)(C)CC(=O)OCc1ccc(NC(C)(C)C)cc1. The second-order valence-corrected chi connectivity index (χ2v) is 7.47. The van der Waals surface area contributed by atoms with Crippen LogP contribution in [0.15, 0.2) is 24.3 Å². The highest BCUT2D eigenvalue weighted by atomic mass is 16.5. The third-order valence-corrected chi connectivity index (χ3v) is 2.55. The summed E-state index contributed by atoms with van der Waals surface area (Å²) in [4.78, 5) is 11.7. The van der Waals surface area contributed by atoms with E-state index in [9.17, 15) is 4.79 Å². The molecular formula is C17H27NO2. The Morgan fingerprint density at radius 1 is 1.05 bits per heavy atom. The Balaban J connectivity index is 2.48. The van der Waals surface area contributed by atoms with Gasteiger partial charge in [0.25, 0.3) is 0 Å². The molecule has 0 saturated heterocycles. The van der Waals surface area contributed by atoms with Gasteiger partial charge in [0.05, 0.1) is 6.42 Å². The summed E-state index contributed by atoms with van der Waals surface area (Å²) in [7, 11) is 0. The number of esters is 1. The van der Waals surface area contributed by atoms with Crippen molar-refractivity contribution in [1.29, 1.82) is 0 Å². The van der Waals surface area contributed by atoms with E-state index < -0.39 is 0 Å². The van der Waals surface area contributed by atoms with Crippen molar-refractivity contribution >= 4 is 11.7 Å². The summed E-state index contributed by atoms with van der Waals surface area (Å²) in [6.45, 7) is 12.8. The molecule has 3 nitrogen and oxygen atoms in total. The van der Waals surface area contributed by atoms with Crippen molar-refractivity contribution in [2.75, 3.05) is 5.32 Å². The number of carbonyl (C=O) groups is 1. The van der Waals surface area contributed by atoms with Crippen molar-refractivity contribution in [3.05, 3.63) is 29.8 Å². The third-order valence-electron chi connectivity index (χ3n) is 2.55. The highest BCUT2D eigenvalue weighted by Crippen LogP contribution is 2.20. The fourth-order valence-corrected chi connectivity index (χ4v) is 1.77. The third kappa shape index (κ3) is 7.17. The summed E-state index contributed by atoms with van der Waals surface area (Å²) in [5.41, 5.74) is 2.09. The van der Waals surface area contributed by atoms with Crippen LogP contribution < -0.4 is 5.32 Å². The number of nitrogens with one attached hydrogen (secondary N) is 1. The first kappa shape index (κ1) is 16.5. The van der Waals surface area contributed by atoms with Crippen molar-refractivity contribution in [2.45, 2.75) is 60.1 Å². The van der Waals surface area contributed by atoms with Crippen molar-refractivity contribution in [2.24, 2.45) is 5.41 Å². The minimum Gasteiger partial charge on any atom is -0.461 e. The van der Waals surface area contributed by atoms with E-state index in [1.807, 2.05) is 45.0 Å². The van der Waals surface area contributed by atoms with Crippen LogP contribution in [0.25, 0.3) is 0 Å². The summed E-state index contributed by atoms with van der Waals surface area (Å²) in [6, 6.07) is 7.99. The molecule has 0 bridgehead atoms. The zero-order chi connectivity index (χ0) is 15.4. The van der Waals surface area contributed by atoms with Gasteiger partial charge >= 0.3 is 5.97 Å². The number of hydrogen-bond acceptors (Lipinski definition) is 3. The van der Waals surface area contributed by atoms with Crippen molar-refractivity contribution in [1.82, 2.24) is 0 Å². The molecule has 0 saturated carbocycles. The first-order valence-corrected chi connectivity index (χ1v) is 7.08. The number of carbonyl (C=O) groups excluding carboxylic acids is 1. The zero-order valence-electron chi connectivity index (χ0n) is 13.5. The maximum absolute atomic E-state index is 11.7. The van der Waals surface area contributed by atoms with Gasteiger partial charge in [0.2, 0.25) is 0 Å². The number of ether oxygens (including phenoxy) is 1. The Labute approximate surface area is 122 Å². The van der Waals surface area contributed by atoms with Crippen LogP contribution in [-0.4, -0.2) is 11.5 Å². The smallest absolute Gasteiger partial charge is 0.306 e. The van der Waals surface area contributed by atoms with E-state index in [4.69, 9.17) is 4.74 Å². The zero-order valence-corrected chi connectivity index (χ0v) is 13.5. The number of hydrogen-bond donors (Lipinski definition) is 1. The van der Waals surface area contributed by atoms with E-state index in [1.54, 1.807) is 0 Å². The fraction of sp³-hybridized carbons (Fsp3) is 0.588. The molecule has 0 aliphatic rings. The standard InChI is InChI=1S/C17H27NO2/c1-16(2,3)11-15(19)20-12-13-7-9-14(10-8-13)18-17(4,5)6/h7-10,18H,11-12H2,1-6H3. The topological polar surface area (TPSA) is 38.3 Å².